The summed E-state index contributed by atoms with van der Waals surface area (Å²) in [6, 6.07) is 12.3. The summed E-state index contributed by atoms with van der Waals surface area (Å²) < 4.78 is 6.00. The highest BCUT2D eigenvalue weighted by Crippen LogP contribution is 2.56. The predicted octanol–water partition coefficient (Wildman–Crippen LogP) is 4.09. The van der Waals surface area contributed by atoms with Gasteiger partial charge in [-0.25, -0.2) is 4.98 Å². The quantitative estimate of drug-likeness (QED) is 0.839. The predicted molar refractivity (Wildman–Crippen MR) is 99.7 cm³/mol. The number of anilines is 2. The third-order valence-electron chi connectivity index (χ3n) is 3.73. The van der Waals surface area contributed by atoms with Gasteiger partial charge in [0.2, 0.25) is 5.88 Å². The average Bonchev–Trinajstić information content (AvgIpc) is 3.03. The van der Waals surface area contributed by atoms with Crippen molar-refractivity contribution in [2.45, 2.75) is 5.75 Å². The normalized spacial score (nSPS) is 16.2. The number of aromatic nitrogens is 1. The summed E-state index contributed by atoms with van der Waals surface area (Å²) in [7, 11) is 0.685. The van der Waals surface area contributed by atoms with Gasteiger partial charge in [-0.15, -0.1) is 0 Å². The molecule has 0 saturated heterocycles. The maximum absolute atomic E-state index is 6.10. The van der Waals surface area contributed by atoms with E-state index in [0.29, 0.717) is 17.5 Å². The van der Waals surface area contributed by atoms with E-state index < -0.39 is 10.0 Å². The summed E-state index contributed by atoms with van der Waals surface area (Å²) in [6.07, 6.45) is 5.90. The van der Waals surface area contributed by atoms with E-state index in [1.54, 1.807) is 6.20 Å². The third kappa shape index (κ3) is 3.51. The van der Waals surface area contributed by atoms with Crippen LogP contribution < -0.4 is 15.8 Å². The molecule has 0 amide bonds. The average molecular weight is 327 g/mol. The second kappa shape index (κ2) is 6.79. The summed E-state index contributed by atoms with van der Waals surface area (Å²) in [5.41, 5.74) is 8.79. The number of hydrogen-bond donors (Lipinski definition) is 2. The van der Waals surface area contributed by atoms with Crippen LogP contribution in [0.3, 0.4) is 0 Å². The fraction of sp³-hybridized carbons (Fsp3) is 0.167. The number of nitrogens with zero attached hydrogens (tertiary/aromatic N) is 1. The minimum atomic E-state index is -1.15. The zero-order valence-electron chi connectivity index (χ0n) is 13.1. The largest absolute Gasteiger partial charge is 0.466 e. The molecule has 0 atom stereocenters. The molecule has 1 aliphatic rings. The Hall–Kier alpha value is -2.40. The molecule has 120 valence electrons. The maximum Gasteiger partial charge on any atom is 0.240 e. The second-order valence-corrected chi connectivity index (χ2v) is 8.47. The van der Waals surface area contributed by atoms with Gasteiger partial charge in [-0.05, 0) is 22.4 Å². The number of nitrogens with one attached hydrogen (secondary N) is 1. The molecule has 0 unspecified atom stereocenters. The molecule has 23 heavy (non-hydrogen) atoms. The number of benzene rings is 1. The van der Waals surface area contributed by atoms with Crippen LogP contribution in [0, 0.1) is 0 Å². The summed E-state index contributed by atoms with van der Waals surface area (Å²) in [5.74, 6) is 2.04. The fourth-order valence-electron chi connectivity index (χ4n) is 2.50. The van der Waals surface area contributed by atoms with Gasteiger partial charge in [0.25, 0.3) is 0 Å². The van der Waals surface area contributed by atoms with Crippen molar-refractivity contribution in [3.05, 3.63) is 71.1 Å². The van der Waals surface area contributed by atoms with E-state index in [1.165, 1.54) is 5.56 Å². The first-order valence-electron chi connectivity index (χ1n) is 7.45. The highest BCUT2D eigenvalue weighted by molar-refractivity contribution is 8.37. The monoisotopic (exact) mass is 327 g/mol. The Morgan fingerprint density at radius 2 is 1.87 bits per heavy atom. The minimum Gasteiger partial charge on any atom is -0.466 e. The summed E-state index contributed by atoms with van der Waals surface area (Å²) in [5, 5.41) is 7.57. The first-order valence-corrected chi connectivity index (χ1v) is 9.55. The van der Waals surface area contributed by atoms with Gasteiger partial charge in [-0.1, -0.05) is 42.5 Å². The van der Waals surface area contributed by atoms with E-state index in [2.05, 4.69) is 57.5 Å². The molecule has 1 aliphatic heterocycles. The fourth-order valence-corrected chi connectivity index (χ4v) is 4.98. The zero-order valence-corrected chi connectivity index (χ0v) is 13.9. The van der Waals surface area contributed by atoms with Crippen molar-refractivity contribution in [1.29, 1.82) is 0 Å². The van der Waals surface area contributed by atoms with Gasteiger partial charge < -0.3 is 15.8 Å². The molecular weight excluding hydrogens is 306 g/mol. The number of hydrogen-bond acceptors (Lipinski definition) is 4. The topological polar surface area (TPSA) is 60.2 Å². The zero-order chi connectivity index (χ0) is 16.1. The summed E-state index contributed by atoms with van der Waals surface area (Å²) in [6.45, 7) is 0. The Morgan fingerprint density at radius 1 is 1.13 bits per heavy atom. The van der Waals surface area contributed by atoms with Gasteiger partial charge in [0.05, 0.1) is 5.69 Å². The Labute approximate surface area is 138 Å². The van der Waals surface area contributed by atoms with Crippen molar-refractivity contribution < 1.29 is 4.74 Å². The van der Waals surface area contributed by atoms with Crippen LogP contribution in [0.15, 0.2) is 65.6 Å². The van der Waals surface area contributed by atoms with Crippen LogP contribution in [0.5, 0.6) is 5.88 Å². The smallest absolute Gasteiger partial charge is 0.240 e. The molecule has 0 aliphatic carbocycles. The van der Waals surface area contributed by atoms with Crippen LogP contribution in [0.1, 0.15) is 5.56 Å². The molecule has 1 aromatic heterocycles. The van der Waals surface area contributed by atoms with Crippen LogP contribution in [0.2, 0.25) is 0 Å². The number of nitrogen functional groups attached to an aromatic ring is 1. The number of nitrogens with two attached hydrogens (primary N) is 1. The Morgan fingerprint density at radius 3 is 2.57 bits per heavy atom. The SMILES string of the molecule is CNc1ccnc(OCS2(Cc3ccccc3)C=CC=C2)c1N. The van der Waals surface area contributed by atoms with Gasteiger partial charge in [-0.3, -0.25) is 0 Å². The Bertz CT molecular complexity index is 716. The van der Waals surface area contributed by atoms with E-state index >= 15 is 0 Å². The van der Waals surface area contributed by atoms with Gasteiger partial charge in [0, 0.05) is 19.0 Å². The number of allylic oxidation sites excluding steroid dienone is 2. The molecule has 0 bridgehead atoms. The van der Waals surface area contributed by atoms with Gasteiger partial charge in [0.1, 0.15) is 11.6 Å². The molecule has 1 aromatic carbocycles. The third-order valence-corrected chi connectivity index (χ3v) is 6.55. The molecule has 0 radical (unpaired) electrons. The van der Waals surface area contributed by atoms with Gasteiger partial charge in [-0.2, -0.15) is 10.0 Å². The van der Waals surface area contributed by atoms with Crippen LogP contribution >= 0.6 is 10.0 Å². The lowest BCUT2D eigenvalue weighted by Crippen LogP contribution is -2.10. The highest BCUT2D eigenvalue weighted by atomic mass is 32.3. The lowest BCUT2D eigenvalue weighted by Gasteiger charge is -2.31. The van der Waals surface area contributed by atoms with Crippen LogP contribution in [0.25, 0.3) is 0 Å². The van der Waals surface area contributed by atoms with Crippen molar-refractivity contribution in [1.82, 2.24) is 4.98 Å². The number of rotatable bonds is 6. The molecule has 0 spiro atoms. The highest BCUT2D eigenvalue weighted by Gasteiger charge is 2.23. The molecule has 2 aromatic rings. The van der Waals surface area contributed by atoms with Gasteiger partial charge in [0.15, 0.2) is 0 Å². The molecule has 4 nitrogen and oxygen atoms in total. The van der Waals surface area contributed by atoms with Crippen molar-refractivity contribution in [3.8, 4) is 5.88 Å². The standard InChI is InChI=1S/C18H21N3OS/c1-20-16-9-10-21-18(17(16)19)22-14-23(11-5-6-12-23)13-15-7-3-2-4-8-15/h2-12H,13-14,19H2,1H3,(H,20,21). The van der Waals surface area contributed by atoms with Crippen molar-refractivity contribution >= 4 is 21.4 Å². The van der Waals surface area contributed by atoms with E-state index in [9.17, 15) is 0 Å². The van der Waals surface area contributed by atoms with Gasteiger partial charge >= 0.3 is 0 Å². The summed E-state index contributed by atoms with van der Waals surface area (Å²) >= 11 is 0. The van der Waals surface area contributed by atoms with E-state index in [1.807, 2.05) is 19.2 Å². The molecule has 0 saturated carbocycles. The summed E-state index contributed by atoms with van der Waals surface area (Å²) in [4.78, 5) is 4.26. The number of pyridine rings is 1. The van der Waals surface area contributed by atoms with Crippen molar-refractivity contribution in [2.75, 3.05) is 24.0 Å². The van der Waals surface area contributed by atoms with Crippen LogP contribution in [-0.4, -0.2) is 18.0 Å². The first-order chi connectivity index (χ1) is 11.2. The molecule has 3 N–H and O–H groups in total. The number of ether oxygens (including phenoxy) is 1. The maximum atomic E-state index is 6.10. The molecule has 0 fully saturated rings. The van der Waals surface area contributed by atoms with Crippen LogP contribution in [0.4, 0.5) is 11.4 Å². The van der Waals surface area contributed by atoms with Crippen LogP contribution in [-0.2, 0) is 5.75 Å². The second-order valence-electron chi connectivity index (χ2n) is 5.38. The molecule has 3 rings (SSSR count). The Kier molecular flexibility index (Phi) is 4.57. The Balaban J connectivity index is 1.76. The lowest BCUT2D eigenvalue weighted by molar-refractivity contribution is 0.377. The van der Waals surface area contributed by atoms with E-state index in [4.69, 9.17) is 10.5 Å². The molecular formula is C18H21N3OS. The van der Waals surface area contributed by atoms with Crippen molar-refractivity contribution in [2.24, 2.45) is 0 Å². The first kappa shape index (κ1) is 15.5. The van der Waals surface area contributed by atoms with Crippen molar-refractivity contribution in [3.63, 3.8) is 0 Å². The minimum absolute atomic E-state index is 0.491. The van der Waals surface area contributed by atoms with E-state index in [-0.39, 0.29) is 0 Å². The van der Waals surface area contributed by atoms with E-state index in [0.717, 1.165) is 11.4 Å². The molecule has 5 heteroatoms. The molecule has 2 heterocycles. The lowest BCUT2D eigenvalue weighted by atomic mass is 10.2.